The van der Waals surface area contributed by atoms with Gasteiger partial charge in [-0.1, -0.05) is 84.9 Å². The molecule has 0 unspecified atom stereocenters. The summed E-state index contributed by atoms with van der Waals surface area (Å²) in [7, 11) is 0. The molecule has 0 aliphatic heterocycles. The second-order valence-electron chi connectivity index (χ2n) is 8.90. The molecule has 4 heteroatoms. The first-order valence-corrected chi connectivity index (χ1v) is 11.9. The number of hydrogen-bond acceptors (Lipinski definition) is 2. The first kappa shape index (κ1) is 22.5. The van der Waals surface area contributed by atoms with Crippen molar-refractivity contribution in [1.29, 1.82) is 10.5 Å². The molecule has 0 radical (unpaired) electrons. The van der Waals surface area contributed by atoms with Gasteiger partial charge in [0.2, 0.25) is 0 Å². The number of rotatable bonds is 2. The van der Waals surface area contributed by atoms with Crippen LogP contribution in [0.2, 0.25) is 0 Å². The smallest absolute Gasteiger partial charge is 0.226 e. The second-order valence-corrected chi connectivity index (χ2v) is 8.90. The van der Waals surface area contributed by atoms with E-state index in [9.17, 15) is 10.5 Å². The van der Waals surface area contributed by atoms with Crippen molar-refractivity contribution in [1.82, 2.24) is 0 Å². The molecule has 0 atom stereocenters. The van der Waals surface area contributed by atoms with Crippen molar-refractivity contribution < 1.29 is 0 Å². The molecule has 6 rings (SSSR count). The van der Waals surface area contributed by atoms with Crippen molar-refractivity contribution in [2.45, 2.75) is 0 Å². The number of fused-ring (bicyclic) bond motifs is 4. The monoisotopic (exact) mass is 480 g/mol. The molecule has 0 fully saturated rings. The van der Waals surface area contributed by atoms with Crippen molar-refractivity contribution >= 4 is 22.3 Å². The van der Waals surface area contributed by atoms with E-state index >= 15 is 0 Å². The molecule has 4 aromatic rings. The Kier molecular flexibility index (Phi) is 5.29. The summed E-state index contributed by atoms with van der Waals surface area (Å²) in [5, 5.41) is 19.9. The van der Waals surface area contributed by atoms with Gasteiger partial charge in [0.1, 0.15) is 0 Å². The molecule has 0 saturated carbocycles. The van der Waals surface area contributed by atoms with Crippen molar-refractivity contribution in [3.63, 3.8) is 0 Å². The van der Waals surface area contributed by atoms with Crippen LogP contribution >= 0.6 is 0 Å². The van der Waals surface area contributed by atoms with Gasteiger partial charge in [-0.3, -0.25) is 0 Å². The zero-order valence-corrected chi connectivity index (χ0v) is 20.0. The molecule has 4 nitrogen and oxygen atoms in total. The highest BCUT2D eigenvalue weighted by molar-refractivity contribution is 6.37. The minimum atomic E-state index is -0.0119. The van der Waals surface area contributed by atoms with Gasteiger partial charge in [-0.05, 0) is 67.8 Å². The highest BCUT2D eigenvalue weighted by atomic mass is 14.7. The van der Waals surface area contributed by atoms with E-state index in [2.05, 4.69) is 21.8 Å². The van der Waals surface area contributed by atoms with Crippen LogP contribution in [0.25, 0.3) is 54.2 Å². The summed E-state index contributed by atoms with van der Waals surface area (Å²) < 4.78 is 0. The van der Waals surface area contributed by atoms with Gasteiger partial charge in [-0.25, -0.2) is 20.2 Å². The molecular formula is C34H16N4. The van der Waals surface area contributed by atoms with Crippen LogP contribution in [0, 0.1) is 35.8 Å². The molecule has 0 spiro atoms. The normalized spacial score (nSPS) is 15.3. The molecule has 172 valence electrons. The van der Waals surface area contributed by atoms with Gasteiger partial charge >= 0.3 is 0 Å². The van der Waals surface area contributed by atoms with Gasteiger partial charge in [0.25, 0.3) is 11.4 Å². The fourth-order valence-corrected chi connectivity index (χ4v) is 5.38. The topological polar surface area (TPSA) is 56.3 Å². The first-order valence-electron chi connectivity index (χ1n) is 11.9. The summed E-state index contributed by atoms with van der Waals surface area (Å²) in [4.78, 5) is 7.18. The number of nitrogens with zero attached hydrogens (tertiary/aromatic N) is 4. The molecule has 0 heterocycles. The minimum Gasteiger partial charge on any atom is -0.226 e. The average Bonchev–Trinajstić information content (AvgIpc) is 3.48. The van der Waals surface area contributed by atoms with Crippen LogP contribution in [0.1, 0.15) is 22.3 Å². The third-order valence-corrected chi connectivity index (χ3v) is 6.99. The minimum absolute atomic E-state index is 0.0119. The van der Waals surface area contributed by atoms with Crippen LogP contribution in [0.3, 0.4) is 0 Å². The lowest BCUT2D eigenvalue weighted by Crippen LogP contribution is -1.96. The third kappa shape index (κ3) is 3.27. The van der Waals surface area contributed by atoms with E-state index < -0.39 is 0 Å². The Morgan fingerprint density at radius 3 is 1.24 bits per heavy atom. The average molecular weight is 481 g/mol. The number of allylic oxidation sites excluding steroid dienone is 6. The zero-order chi connectivity index (χ0) is 26.2. The Bertz CT molecular complexity index is 1750. The van der Waals surface area contributed by atoms with E-state index in [0.717, 1.165) is 55.7 Å². The highest BCUT2D eigenvalue weighted by Crippen LogP contribution is 2.60. The van der Waals surface area contributed by atoms with Gasteiger partial charge in [-0.2, -0.15) is 0 Å². The van der Waals surface area contributed by atoms with Crippen molar-refractivity contribution in [3.05, 3.63) is 154 Å². The van der Waals surface area contributed by atoms with Crippen molar-refractivity contribution in [2.24, 2.45) is 0 Å². The van der Waals surface area contributed by atoms with Crippen LogP contribution in [-0.2, 0) is 0 Å². The number of benzene rings is 4. The molecule has 2 aliphatic rings. The zero-order valence-electron chi connectivity index (χ0n) is 20.0. The molecule has 0 aromatic heterocycles. The van der Waals surface area contributed by atoms with Gasteiger partial charge < -0.3 is 0 Å². The van der Waals surface area contributed by atoms with Crippen molar-refractivity contribution in [3.8, 4) is 34.4 Å². The summed E-state index contributed by atoms with van der Waals surface area (Å²) in [6.45, 7) is 15.6. The summed E-state index contributed by atoms with van der Waals surface area (Å²) in [5.74, 6) is 0. The number of nitriles is 2. The van der Waals surface area contributed by atoms with E-state index in [1.165, 1.54) is 0 Å². The highest BCUT2D eigenvalue weighted by Gasteiger charge is 2.39. The maximum absolute atomic E-state index is 9.97. The third-order valence-electron chi connectivity index (χ3n) is 6.99. The molecule has 0 N–H and O–H groups in total. The van der Waals surface area contributed by atoms with Crippen LogP contribution < -0.4 is 0 Å². The Hall–Kier alpha value is -5.94. The summed E-state index contributed by atoms with van der Waals surface area (Å²) in [6, 6.07) is 36.0. The van der Waals surface area contributed by atoms with E-state index in [-0.39, 0.29) is 11.4 Å². The Morgan fingerprint density at radius 1 is 0.500 bits per heavy atom. The molecule has 0 amide bonds. The largest absolute Gasteiger partial charge is 0.270 e. The van der Waals surface area contributed by atoms with E-state index in [1.54, 1.807) is 0 Å². The molecule has 4 aromatic carbocycles. The molecule has 0 saturated heterocycles. The Balaban J connectivity index is 1.67. The van der Waals surface area contributed by atoms with E-state index in [4.69, 9.17) is 13.1 Å². The van der Waals surface area contributed by atoms with Gasteiger partial charge in [0.15, 0.2) is 0 Å². The quantitative estimate of drug-likeness (QED) is 0.214. The second kappa shape index (κ2) is 8.93. The predicted molar refractivity (Wildman–Crippen MR) is 149 cm³/mol. The fraction of sp³-hybridized carbons (Fsp3) is 0. The molecule has 38 heavy (non-hydrogen) atoms. The lowest BCUT2D eigenvalue weighted by atomic mass is 9.88. The lowest BCUT2D eigenvalue weighted by molar-refractivity contribution is 1.47. The standard InChI is InChI=1S/C34H16N4/c1-37-29(19-35)31-27-17-23(21-9-5-3-6-10-21)13-15-25(27)34-32(30(20-36)38-2)28-18-24(14-16-26(28)33(31)34)22-11-7-4-8-12-22/h3-18H/b31-29-,32-30?. The van der Waals surface area contributed by atoms with Gasteiger partial charge in [0.05, 0.1) is 25.3 Å². The van der Waals surface area contributed by atoms with Crippen LogP contribution in [-0.4, -0.2) is 0 Å². The van der Waals surface area contributed by atoms with Gasteiger partial charge in [-0.15, -0.1) is 0 Å². The van der Waals surface area contributed by atoms with E-state index in [0.29, 0.717) is 11.1 Å². The summed E-state index contributed by atoms with van der Waals surface area (Å²) in [6.07, 6.45) is 0. The van der Waals surface area contributed by atoms with E-state index in [1.807, 2.05) is 97.1 Å². The lowest BCUT2D eigenvalue weighted by Gasteiger charge is -2.15. The first-order chi connectivity index (χ1) is 18.7. The SMILES string of the molecule is [C-]#[N+]C(C#N)=C1C2=C(/C(=C(/C#N)[N+]#[C-])c3cc(-c4ccccc4)ccc32)c2ccc(-c3ccccc3)cc21. The summed E-state index contributed by atoms with van der Waals surface area (Å²) in [5.41, 5.74) is 9.67. The van der Waals surface area contributed by atoms with Crippen LogP contribution in [0.4, 0.5) is 0 Å². The van der Waals surface area contributed by atoms with Gasteiger partial charge in [0, 0.05) is 11.1 Å². The fourth-order valence-electron chi connectivity index (χ4n) is 5.38. The maximum Gasteiger partial charge on any atom is 0.270 e. The summed E-state index contributed by atoms with van der Waals surface area (Å²) >= 11 is 0. The maximum atomic E-state index is 9.97. The molecular weight excluding hydrogens is 464 g/mol. The Labute approximate surface area is 220 Å². The van der Waals surface area contributed by atoms with Crippen LogP contribution in [0.15, 0.2) is 108 Å². The van der Waals surface area contributed by atoms with Crippen LogP contribution in [0.5, 0.6) is 0 Å². The van der Waals surface area contributed by atoms with Crippen molar-refractivity contribution in [2.75, 3.05) is 0 Å². The number of hydrogen-bond donors (Lipinski definition) is 0. The Morgan fingerprint density at radius 2 is 0.895 bits per heavy atom. The molecule has 0 bridgehead atoms. The predicted octanol–water partition coefficient (Wildman–Crippen LogP) is 8.27. The molecule has 2 aliphatic carbocycles.